The Morgan fingerprint density at radius 1 is 1.32 bits per heavy atom. The molecule has 3 heteroatoms. The minimum atomic E-state index is 0.00910. The van der Waals surface area contributed by atoms with Gasteiger partial charge in [0.05, 0.1) is 6.61 Å². The molecule has 0 saturated carbocycles. The summed E-state index contributed by atoms with van der Waals surface area (Å²) in [7, 11) is 0. The van der Waals surface area contributed by atoms with Crippen LogP contribution in [0.1, 0.15) is 52.3 Å². The lowest BCUT2D eigenvalue weighted by Crippen LogP contribution is -2.25. The van der Waals surface area contributed by atoms with Crippen LogP contribution < -0.4 is 4.90 Å². The number of aliphatic hydroxyl groups is 1. The Labute approximate surface area is 116 Å². The van der Waals surface area contributed by atoms with Crippen molar-refractivity contribution in [3.63, 3.8) is 0 Å². The van der Waals surface area contributed by atoms with E-state index in [1.807, 2.05) is 12.1 Å². The Hall–Kier alpha value is -1.09. The summed E-state index contributed by atoms with van der Waals surface area (Å²) < 4.78 is 0. The molecule has 2 rings (SSSR count). The molecule has 2 heterocycles. The van der Waals surface area contributed by atoms with Crippen molar-refractivity contribution in [2.75, 3.05) is 18.0 Å². The molecule has 0 atom stereocenters. The van der Waals surface area contributed by atoms with E-state index in [0.717, 1.165) is 30.2 Å². The van der Waals surface area contributed by atoms with Crippen LogP contribution in [0, 0.1) is 5.41 Å². The number of anilines is 1. The van der Waals surface area contributed by atoms with Crippen LogP contribution in [0.2, 0.25) is 0 Å². The maximum absolute atomic E-state index is 9.45. The maximum atomic E-state index is 9.45. The first-order valence-electron chi connectivity index (χ1n) is 7.08. The summed E-state index contributed by atoms with van der Waals surface area (Å²) >= 11 is 0. The Morgan fingerprint density at radius 3 is 2.47 bits per heavy atom. The van der Waals surface area contributed by atoms with E-state index >= 15 is 0 Å². The van der Waals surface area contributed by atoms with Gasteiger partial charge in [0.1, 0.15) is 5.82 Å². The number of pyridine rings is 1. The first-order valence-corrected chi connectivity index (χ1v) is 7.08. The average Bonchev–Trinajstić information content (AvgIpc) is 2.68. The summed E-state index contributed by atoms with van der Waals surface area (Å²) in [4.78, 5) is 7.16. The summed E-state index contributed by atoms with van der Waals surface area (Å²) in [6.07, 6.45) is 1.20. The summed E-state index contributed by atoms with van der Waals surface area (Å²) in [6, 6.07) is 4.04. The predicted octanol–water partition coefficient (Wildman–Crippen LogP) is 3.11. The van der Waals surface area contributed by atoms with Gasteiger partial charge in [-0.2, -0.15) is 0 Å². The van der Waals surface area contributed by atoms with Gasteiger partial charge in [0.2, 0.25) is 0 Å². The zero-order valence-corrected chi connectivity index (χ0v) is 12.8. The van der Waals surface area contributed by atoms with E-state index in [9.17, 15) is 5.11 Å². The fourth-order valence-electron chi connectivity index (χ4n) is 2.52. The molecule has 1 aromatic heterocycles. The number of aromatic nitrogens is 1. The molecule has 1 saturated heterocycles. The van der Waals surface area contributed by atoms with E-state index < -0.39 is 0 Å². The monoisotopic (exact) mass is 262 g/mol. The third-order valence-electron chi connectivity index (χ3n) is 3.82. The largest absolute Gasteiger partial charge is 0.392 e. The predicted molar refractivity (Wildman–Crippen MR) is 79.5 cm³/mol. The number of rotatable bonds is 2. The molecule has 1 N–H and O–H groups in total. The number of hydrogen-bond donors (Lipinski definition) is 1. The molecule has 0 unspecified atom stereocenters. The first-order chi connectivity index (χ1) is 8.71. The third kappa shape index (κ3) is 3.27. The van der Waals surface area contributed by atoms with Crippen LogP contribution in [0.5, 0.6) is 0 Å². The minimum absolute atomic E-state index is 0.00910. The fraction of sp³-hybridized carbons (Fsp3) is 0.688. The quantitative estimate of drug-likeness (QED) is 0.889. The van der Waals surface area contributed by atoms with Crippen LogP contribution in [-0.4, -0.2) is 23.2 Å². The smallest absolute Gasteiger partial charge is 0.129 e. The van der Waals surface area contributed by atoms with Crippen molar-refractivity contribution >= 4 is 5.82 Å². The summed E-state index contributed by atoms with van der Waals surface area (Å²) in [5, 5.41) is 9.45. The fourth-order valence-corrected chi connectivity index (χ4v) is 2.52. The van der Waals surface area contributed by atoms with Gasteiger partial charge in [0, 0.05) is 24.2 Å². The highest BCUT2D eigenvalue weighted by Crippen LogP contribution is 2.33. The Balaban J connectivity index is 2.35. The zero-order chi connectivity index (χ0) is 14.3. The molecule has 0 spiro atoms. The van der Waals surface area contributed by atoms with Gasteiger partial charge in [-0.25, -0.2) is 4.98 Å². The topological polar surface area (TPSA) is 36.4 Å². The van der Waals surface area contributed by atoms with Gasteiger partial charge in [-0.15, -0.1) is 0 Å². The Kier molecular flexibility index (Phi) is 3.61. The zero-order valence-electron chi connectivity index (χ0n) is 12.8. The number of nitrogens with zero attached hydrogens (tertiary/aromatic N) is 2. The molecule has 0 aromatic carbocycles. The van der Waals surface area contributed by atoms with Crippen molar-refractivity contribution < 1.29 is 5.11 Å². The van der Waals surface area contributed by atoms with Crippen LogP contribution in [-0.2, 0) is 12.0 Å². The van der Waals surface area contributed by atoms with Crippen molar-refractivity contribution in [3.8, 4) is 0 Å². The van der Waals surface area contributed by atoms with Crippen LogP contribution in [0.3, 0.4) is 0 Å². The molecular weight excluding hydrogens is 236 g/mol. The van der Waals surface area contributed by atoms with Crippen LogP contribution in [0.25, 0.3) is 0 Å². The van der Waals surface area contributed by atoms with Crippen LogP contribution in [0.15, 0.2) is 12.1 Å². The number of hydrogen-bond acceptors (Lipinski definition) is 3. The molecular formula is C16H26N2O. The molecule has 0 amide bonds. The van der Waals surface area contributed by atoms with Crippen molar-refractivity contribution in [1.82, 2.24) is 4.98 Å². The molecule has 1 aliphatic rings. The highest BCUT2D eigenvalue weighted by molar-refractivity contribution is 5.45. The second-order valence-corrected chi connectivity index (χ2v) is 7.46. The van der Waals surface area contributed by atoms with Crippen molar-refractivity contribution in [2.24, 2.45) is 5.41 Å². The van der Waals surface area contributed by atoms with Gasteiger partial charge in [-0.05, 0) is 29.5 Å². The number of aliphatic hydroxyl groups excluding tert-OH is 1. The van der Waals surface area contributed by atoms with E-state index in [2.05, 4.69) is 39.5 Å². The lowest BCUT2D eigenvalue weighted by molar-refractivity contribution is 0.281. The van der Waals surface area contributed by atoms with Gasteiger partial charge < -0.3 is 10.0 Å². The van der Waals surface area contributed by atoms with E-state index in [0.29, 0.717) is 5.41 Å². The molecule has 1 fully saturated rings. The van der Waals surface area contributed by atoms with Gasteiger partial charge in [0.25, 0.3) is 0 Å². The molecule has 3 nitrogen and oxygen atoms in total. The lowest BCUT2D eigenvalue weighted by Gasteiger charge is -2.25. The Bertz CT molecular complexity index is 460. The minimum Gasteiger partial charge on any atom is -0.392 e. The highest BCUT2D eigenvalue weighted by atomic mass is 16.3. The second kappa shape index (κ2) is 4.78. The van der Waals surface area contributed by atoms with Gasteiger partial charge >= 0.3 is 0 Å². The normalized spacial score (nSPS) is 18.9. The summed E-state index contributed by atoms with van der Waals surface area (Å²) in [6.45, 7) is 13.3. The molecule has 0 bridgehead atoms. The standard InChI is InChI=1S/C16H26N2O/c1-15(2,3)13-8-12(10-19)9-14(17-13)18-7-6-16(4,5)11-18/h8-9,19H,6-7,10-11H2,1-5H3. The van der Waals surface area contributed by atoms with Gasteiger partial charge in [-0.1, -0.05) is 34.6 Å². The van der Waals surface area contributed by atoms with Crippen LogP contribution in [0.4, 0.5) is 5.82 Å². The van der Waals surface area contributed by atoms with Crippen LogP contribution >= 0.6 is 0 Å². The highest BCUT2D eigenvalue weighted by Gasteiger charge is 2.30. The van der Waals surface area contributed by atoms with E-state index in [4.69, 9.17) is 4.98 Å². The van der Waals surface area contributed by atoms with Gasteiger partial charge in [-0.3, -0.25) is 0 Å². The van der Waals surface area contributed by atoms with Crippen molar-refractivity contribution in [1.29, 1.82) is 0 Å². The SMILES string of the molecule is CC1(C)CCN(c2cc(CO)cc(C(C)(C)C)n2)C1. The lowest BCUT2D eigenvalue weighted by atomic mass is 9.90. The van der Waals surface area contributed by atoms with E-state index in [-0.39, 0.29) is 12.0 Å². The third-order valence-corrected chi connectivity index (χ3v) is 3.82. The molecule has 19 heavy (non-hydrogen) atoms. The molecule has 1 aromatic rings. The Morgan fingerprint density at radius 2 is 2.00 bits per heavy atom. The van der Waals surface area contributed by atoms with E-state index in [1.54, 1.807) is 0 Å². The van der Waals surface area contributed by atoms with Gasteiger partial charge in [0.15, 0.2) is 0 Å². The molecule has 0 radical (unpaired) electrons. The maximum Gasteiger partial charge on any atom is 0.129 e. The summed E-state index contributed by atoms with van der Waals surface area (Å²) in [5.74, 6) is 1.02. The second-order valence-electron chi connectivity index (χ2n) is 7.46. The average molecular weight is 262 g/mol. The molecule has 1 aliphatic heterocycles. The molecule has 0 aliphatic carbocycles. The first kappa shape index (κ1) is 14.3. The van der Waals surface area contributed by atoms with E-state index in [1.165, 1.54) is 6.42 Å². The summed E-state index contributed by atoms with van der Waals surface area (Å²) in [5.41, 5.74) is 2.38. The van der Waals surface area contributed by atoms with Crippen molar-refractivity contribution in [2.45, 2.75) is 53.1 Å². The molecule has 106 valence electrons. The van der Waals surface area contributed by atoms with Crippen molar-refractivity contribution in [3.05, 3.63) is 23.4 Å².